The van der Waals surface area contributed by atoms with Gasteiger partial charge in [0.25, 0.3) is 10.0 Å². The van der Waals surface area contributed by atoms with Crippen LogP contribution in [0.15, 0.2) is 65.6 Å². The topological polar surface area (TPSA) is 83.9 Å². The third-order valence-electron chi connectivity index (χ3n) is 4.76. The molecule has 6 nitrogen and oxygen atoms in total. The van der Waals surface area contributed by atoms with Crippen LogP contribution in [-0.4, -0.2) is 38.6 Å². The lowest BCUT2D eigenvalue weighted by Crippen LogP contribution is -2.37. The molecule has 3 aromatic rings. The monoisotopic (exact) mass is 397 g/mol. The molecule has 0 aromatic heterocycles. The molecule has 0 radical (unpaired) electrons. The second kappa shape index (κ2) is 6.92. The van der Waals surface area contributed by atoms with Gasteiger partial charge in [0.15, 0.2) is 5.78 Å². The molecule has 1 aliphatic heterocycles. The van der Waals surface area contributed by atoms with E-state index in [9.17, 15) is 18.3 Å². The molecule has 0 aliphatic carbocycles. The molecule has 28 heavy (non-hydrogen) atoms. The minimum absolute atomic E-state index is 0.0421. The standard InChI is InChI=1S/C21H19NO5S/c1-14(23)15-8-10-18(11-9-15)27-13-17(24)12-22-19-6-2-4-16-5-3-7-20(21(16)19)28(22,25)26/h2-11,17,24H,12-13H2,1H3. The number of ether oxygens (including phenoxy) is 1. The lowest BCUT2D eigenvalue weighted by Gasteiger charge is -2.22. The van der Waals surface area contributed by atoms with Crippen molar-refractivity contribution in [2.45, 2.75) is 17.9 Å². The van der Waals surface area contributed by atoms with Gasteiger partial charge in [0.1, 0.15) is 18.5 Å². The average Bonchev–Trinajstić information content (AvgIpc) is 2.90. The number of hydrogen-bond donors (Lipinski definition) is 1. The normalized spacial score (nSPS) is 15.6. The van der Waals surface area contributed by atoms with Gasteiger partial charge in [-0.15, -0.1) is 0 Å². The zero-order valence-corrected chi connectivity index (χ0v) is 16.0. The summed E-state index contributed by atoms with van der Waals surface area (Å²) >= 11 is 0. The second-order valence-corrected chi connectivity index (χ2v) is 8.54. The van der Waals surface area contributed by atoms with E-state index in [1.807, 2.05) is 12.1 Å². The van der Waals surface area contributed by atoms with Crippen molar-refractivity contribution in [1.82, 2.24) is 0 Å². The van der Waals surface area contributed by atoms with Gasteiger partial charge in [-0.3, -0.25) is 9.10 Å². The molecular formula is C21H19NO5S. The number of ketones is 1. The van der Waals surface area contributed by atoms with Crippen LogP contribution in [-0.2, 0) is 10.0 Å². The van der Waals surface area contributed by atoms with Gasteiger partial charge in [-0.25, -0.2) is 8.42 Å². The predicted molar refractivity (Wildman–Crippen MR) is 106 cm³/mol. The lowest BCUT2D eigenvalue weighted by atomic mass is 10.1. The molecule has 1 N–H and O–H groups in total. The summed E-state index contributed by atoms with van der Waals surface area (Å²) in [6, 6.07) is 17.2. The Balaban J connectivity index is 1.50. The number of aliphatic hydroxyl groups is 1. The summed E-state index contributed by atoms with van der Waals surface area (Å²) in [5.41, 5.74) is 1.14. The van der Waals surface area contributed by atoms with Crippen molar-refractivity contribution in [1.29, 1.82) is 0 Å². The Kier molecular flexibility index (Phi) is 4.56. The van der Waals surface area contributed by atoms with E-state index in [0.717, 1.165) is 5.39 Å². The molecule has 1 aliphatic rings. The minimum Gasteiger partial charge on any atom is -0.491 e. The molecule has 0 saturated carbocycles. The van der Waals surface area contributed by atoms with Crippen LogP contribution in [0.2, 0.25) is 0 Å². The Morgan fingerprint density at radius 2 is 1.75 bits per heavy atom. The average molecular weight is 397 g/mol. The largest absolute Gasteiger partial charge is 0.491 e. The Labute approximate surface area is 163 Å². The van der Waals surface area contributed by atoms with Gasteiger partial charge in [-0.05, 0) is 48.7 Å². The number of carbonyl (C=O) groups excluding carboxylic acids is 1. The highest BCUT2D eigenvalue weighted by atomic mass is 32.2. The summed E-state index contributed by atoms with van der Waals surface area (Å²) in [5, 5.41) is 11.9. The van der Waals surface area contributed by atoms with E-state index in [4.69, 9.17) is 4.74 Å². The highest BCUT2D eigenvalue weighted by molar-refractivity contribution is 7.93. The summed E-state index contributed by atoms with van der Waals surface area (Å²) in [6.07, 6.45) is -1.02. The number of β-amino-alcohol motifs (C(OH)–C–C–N with tert-alkyl or cyclic N) is 1. The number of sulfonamides is 1. The Bertz CT molecular complexity index is 1150. The van der Waals surface area contributed by atoms with E-state index in [0.29, 0.717) is 22.4 Å². The van der Waals surface area contributed by atoms with Crippen molar-refractivity contribution in [3.8, 4) is 5.75 Å². The van der Waals surface area contributed by atoms with Crippen LogP contribution in [0.3, 0.4) is 0 Å². The number of carbonyl (C=O) groups is 1. The van der Waals surface area contributed by atoms with Crippen LogP contribution in [0, 0.1) is 0 Å². The molecule has 1 unspecified atom stereocenters. The van der Waals surface area contributed by atoms with Gasteiger partial charge in [-0.1, -0.05) is 24.3 Å². The first-order valence-corrected chi connectivity index (χ1v) is 10.3. The van der Waals surface area contributed by atoms with Crippen molar-refractivity contribution in [3.63, 3.8) is 0 Å². The van der Waals surface area contributed by atoms with Crippen LogP contribution >= 0.6 is 0 Å². The molecular weight excluding hydrogens is 378 g/mol. The fraction of sp³-hybridized carbons (Fsp3) is 0.190. The number of anilines is 1. The predicted octanol–water partition coefficient (Wildman–Crippen LogP) is 2.99. The summed E-state index contributed by atoms with van der Waals surface area (Å²) in [5.74, 6) is 0.457. The van der Waals surface area contributed by atoms with Crippen molar-refractivity contribution < 1.29 is 23.1 Å². The van der Waals surface area contributed by atoms with E-state index in [2.05, 4.69) is 0 Å². The van der Waals surface area contributed by atoms with Crippen molar-refractivity contribution in [3.05, 3.63) is 66.2 Å². The van der Waals surface area contributed by atoms with Gasteiger partial charge >= 0.3 is 0 Å². The molecule has 144 valence electrons. The highest BCUT2D eigenvalue weighted by Gasteiger charge is 2.36. The maximum atomic E-state index is 12.9. The molecule has 0 spiro atoms. The molecule has 0 amide bonds. The maximum absolute atomic E-state index is 12.9. The van der Waals surface area contributed by atoms with Gasteiger partial charge in [-0.2, -0.15) is 0 Å². The summed E-state index contributed by atoms with van der Waals surface area (Å²) in [4.78, 5) is 11.6. The van der Waals surface area contributed by atoms with Crippen LogP contribution in [0.5, 0.6) is 5.75 Å². The Hall–Kier alpha value is -2.90. The van der Waals surface area contributed by atoms with Gasteiger partial charge in [0.05, 0.1) is 17.1 Å². The molecule has 0 fully saturated rings. The molecule has 4 rings (SSSR count). The molecule has 1 atom stereocenters. The van der Waals surface area contributed by atoms with E-state index in [-0.39, 0.29) is 23.8 Å². The van der Waals surface area contributed by atoms with Crippen LogP contribution in [0.4, 0.5) is 5.69 Å². The number of benzene rings is 3. The van der Waals surface area contributed by atoms with Crippen molar-refractivity contribution in [2.24, 2.45) is 0 Å². The number of Topliss-reactive ketones (excluding diaryl/α,β-unsaturated/α-hetero) is 1. The second-order valence-electron chi connectivity index (χ2n) is 6.71. The van der Waals surface area contributed by atoms with Crippen molar-refractivity contribution >= 4 is 32.3 Å². The molecule has 0 saturated heterocycles. The van der Waals surface area contributed by atoms with Crippen LogP contribution in [0.25, 0.3) is 10.8 Å². The van der Waals surface area contributed by atoms with Crippen molar-refractivity contribution in [2.75, 3.05) is 17.5 Å². The zero-order chi connectivity index (χ0) is 19.9. The lowest BCUT2D eigenvalue weighted by molar-refractivity contribution is 0.101. The Morgan fingerprint density at radius 1 is 1.07 bits per heavy atom. The van der Waals surface area contributed by atoms with E-state index >= 15 is 0 Å². The molecule has 3 aromatic carbocycles. The molecule has 1 heterocycles. The molecule has 0 bridgehead atoms. The summed E-state index contributed by atoms with van der Waals surface area (Å²) in [6.45, 7) is 1.30. The first-order valence-electron chi connectivity index (χ1n) is 8.84. The fourth-order valence-corrected chi connectivity index (χ4v) is 5.12. The van der Waals surface area contributed by atoms with E-state index in [1.165, 1.54) is 11.2 Å². The van der Waals surface area contributed by atoms with Crippen LogP contribution < -0.4 is 9.04 Å². The van der Waals surface area contributed by atoms with Gasteiger partial charge in [0.2, 0.25) is 0 Å². The fourth-order valence-electron chi connectivity index (χ4n) is 3.38. The van der Waals surface area contributed by atoms with Crippen LogP contribution in [0.1, 0.15) is 17.3 Å². The third-order valence-corrected chi connectivity index (χ3v) is 6.58. The Morgan fingerprint density at radius 3 is 2.43 bits per heavy atom. The van der Waals surface area contributed by atoms with Gasteiger partial charge < -0.3 is 9.84 Å². The number of nitrogens with zero attached hydrogens (tertiary/aromatic N) is 1. The summed E-state index contributed by atoms with van der Waals surface area (Å²) in [7, 11) is -3.71. The zero-order valence-electron chi connectivity index (χ0n) is 15.2. The molecule has 7 heteroatoms. The first kappa shape index (κ1) is 18.5. The third kappa shape index (κ3) is 3.12. The van der Waals surface area contributed by atoms with Gasteiger partial charge in [0, 0.05) is 10.9 Å². The maximum Gasteiger partial charge on any atom is 0.265 e. The highest BCUT2D eigenvalue weighted by Crippen LogP contribution is 2.41. The summed E-state index contributed by atoms with van der Waals surface area (Å²) < 4.78 is 32.6. The van der Waals surface area contributed by atoms with E-state index in [1.54, 1.807) is 48.5 Å². The minimum atomic E-state index is -3.71. The number of rotatable bonds is 6. The first-order chi connectivity index (χ1) is 13.4. The number of aliphatic hydroxyl groups excluding tert-OH is 1. The SMILES string of the molecule is CC(=O)c1ccc(OCC(O)CN2c3cccc4cccc(c34)S2(=O)=O)cc1. The van der Waals surface area contributed by atoms with E-state index < -0.39 is 16.1 Å². The smallest absolute Gasteiger partial charge is 0.265 e. The quantitative estimate of drug-likeness (QED) is 0.647. The number of hydrogen-bond acceptors (Lipinski definition) is 5.